The van der Waals surface area contributed by atoms with E-state index in [0.717, 1.165) is 19.1 Å². The Labute approximate surface area is 118 Å². The molecule has 2 rings (SSSR count). The van der Waals surface area contributed by atoms with E-state index >= 15 is 0 Å². The lowest BCUT2D eigenvalue weighted by Crippen LogP contribution is -2.36. The third-order valence-electron chi connectivity index (χ3n) is 4.52. The second kappa shape index (κ2) is 7.06. The van der Waals surface area contributed by atoms with Crippen LogP contribution in [-0.4, -0.2) is 31.1 Å². The minimum atomic E-state index is 0.443. The van der Waals surface area contributed by atoms with Gasteiger partial charge in [-0.3, -0.25) is 0 Å². The van der Waals surface area contributed by atoms with Gasteiger partial charge in [0.2, 0.25) is 0 Å². The molecule has 0 bridgehead atoms. The molecular formula is C17H28N2. The maximum atomic E-state index is 3.65. The predicted molar refractivity (Wildman–Crippen MR) is 82.5 cm³/mol. The SMILES string of the molecule is Cc1ccccc1C(C)NCCN(C)C1CCCC1. The van der Waals surface area contributed by atoms with Crippen molar-refractivity contribution in [1.29, 1.82) is 0 Å². The van der Waals surface area contributed by atoms with Crippen LogP contribution in [0.15, 0.2) is 24.3 Å². The van der Waals surface area contributed by atoms with Gasteiger partial charge in [0.25, 0.3) is 0 Å². The van der Waals surface area contributed by atoms with Gasteiger partial charge < -0.3 is 10.2 Å². The molecular weight excluding hydrogens is 232 g/mol. The molecule has 1 aliphatic carbocycles. The normalized spacial score (nSPS) is 18.1. The lowest BCUT2D eigenvalue weighted by atomic mass is 10.0. The molecule has 1 aromatic carbocycles. The van der Waals surface area contributed by atoms with Gasteiger partial charge in [-0.25, -0.2) is 0 Å². The van der Waals surface area contributed by atoms with E-state index in [1.807, 2.05) is 0 Å². The van der Waals surface area contributed by atoms with Gasteiger partial charge in [0.1, 0.15) is 0 Å². The smallest absolute Gasteiger partial charge is 0.0294 e. The van der Waals surface area contributed by atoms with E-state index in [0.29, 0.717) is 6.04 Å². The van der Waals surface area contributed by atoms with Gasteiger partial charge in [-0.05, 0) is 44.9 Å². The average Bonchev–Trinajstić information content (AvgIpc) is 2.93. The zero-order valence-electron chi connectivity index (χ0n) is 12.7. The maximum absolute atomic E-state index is 3.65. The third kappa shape index (κ3) is 4.05. The van der Waals surface area contributed by atoms with Gasteiger partial charge in [0.05, 0.1) is 0 Å². The van der Waals surface area contributed by atoms with Gasteiger partial charge in [-0.15, -0.1) is 0 Å². The van der Waals surface area contributed by atoms with Crippen LogP contribution in [0.4, 0.5) is 0 Å². The van der Waals surface area contributed by atoms with Crippen molar-refractivity contribution in [2.75, 3.05) is 20.1 Å². The molecule has 2 heteroatoms. The highest BCUT2D eigenvalue weighted by Gasteiger charge is 2.19. The number of nitrogens with one attached hydrogen (secondary N) is 1. The van der Waals surface area contributed by atoms with Crippen LogP contribution in [0.25, 0.3) is 0 Å². The summed E-state index contributed by atoms with van der Waals surface area (Å²) in [7, 11) is 2.27. The lowest BCUT2D eigenvalue weighted by molar-refractivity contribution is 0.243. The molecule has 19 heavy (non-hydrogen) atoms. The molecule has 1 unspecified atom stereocenters. The topological polar surface area (TPSA) is 15.3 Å². The second-order valence-corrected chi connectivity index (χ2v) is 5.95. The number of aryl methyl sites for hydroxylation is 1. The van der Waals surface area contributed by atoms with E-state index in [2.05, 4.69) is 55.4 Å². The molecule has 0 heterocycles. The first-order valence-electron chi connectivity index (χ1n) is 7.67. The van der Waals surface area contributed by atoms with Crippen molar-refractivity contribution in [2.24, 2.45) is 0 Å². The van der Waals surface area contributed by atoms with Crippen LogP contribution in [0, 0.1) is 6.92 Å². The molecule has 1 saturated carbocycles. The zero-order chi connectivity index (χ0) is 13.7. The molecule has 1 atom stereocenters. The molecule has 0 aliphatic heterocycles. The Kier molecular flexibility index (Phi) is 5.41. The summed E-state index contributed by atoms with van der Waals surface area (Å²) in [6.07, 6.45) is 5.62. The zero-order valence-corrected chi connectivity index (χ0v) is 12.7. The number of benzene rings is 1. The lowest BCUT2D eigenvalue weighted by Gasteiger charge is -2.25. The van der Waals surface area contributed by atoms with Gasteiger partial charge in [0, 0.05) is 25.2 Å². The Hall–Kier alpha value is -0.860. The average molecular weight is 260 g/mol. The number of likely N-dealkylation sites (N-methyl/N-ethyl adjacent to an activating group) is 1. The van der Waals surface area contributed by atoms with Gasteiger partial charge in [0.15, 0.2) is 0 Å². The summed E-state index contributed by atoms with van der Waals surface area (Å²) < 4.78 is 0. The van der Waals surface area contributed by atoms with Crippen LogP contribution in [0.5, 0.6) is 0 Å². The summed E-state index contributed by atoms with van der Waals surface area (Å²) in [5.41, 5.74) is 2.80. The molecule has 0 aromatic heterocycles. The molecule has 1 N–H and O–H groups in total. The van der Waals surface area contributed by atoms with Crippen molar-refractivity contribution in [1.82, 2.24) is 10.2 Å². The maximum Gasteiger partial charge on any atom is 0.0294 e. The Balaban J connectivity index is 1.74. The summed E-state index contributed by atoms with van der Waals surface area (Å²) in [4.78, 5) is 2.53. The van der Waals surface area contributed by atoms with E-state index in [-0.39, 0.29) is 0 Å². The van der Waals surface area contributed by atoms with Crippen LogP contribution in [0.3, 0.4) is 0 Å². The van der Waals surface area contributed by atoms with Crippen LogP contribution >= 0.6 is 0 Å². The highest BCUT2D eigenvalue weighted by molar-refractivity contribution is 5.28. The van der Waals surface area contributed by atoms with Crippen LogP contribution in [0.1, 0.15) is 49.8 Å². The second-order valence-electron chi connectivity index (χ2n) is 5.95. The van der Waals surface area contributed by atoms with Crippen LogP contribution < -0.4 is 5.32 Å². The summed E-state index contributed by atoms with van der Waals surface area (Å²) in [5.74, 6) is 0. The minimum absolute atomic E-state index is 0.443. The molecule has 2 nitrogen and oxygen atoms in total. The number of rotatable bonds is 6. The molecule has 0 saturated heterocycles. The summed E-state index contributed by atoms with van der Waals surface area (Å²) >= 11 is 0. The Bertz CT molecular complexity index is 383. The quantitative estimate of drug-likeness (QED) is 0.842. The fourth-order valence-corrected chi connectivity index (χ4v) is 3.17. The standard InChI is InChI=1S/C17H28N2/c1-14-8-4-7-11-17(14)15(2)18-12-13-19(3)16-9-5-6-10-16/h4,7-8,11,15-16,18H,5-6,9-10,12-13H2,1-3H3. The molecule has 1 aromatic rings. The molecule has 0 amide bonds. The van der Waals surface area contributed by atoms with E-state index in [4.69, 9.17) is 0 Å². The number of hydrogen-bond acceptors (Lipinski definition) is 2. The third-order valence-corrected chi connectivity index (χ3v) is 4.52. The van der Waals surface area contributed by atoms with E-state index < -0.39 is 0 Å². The monoisotopic (exact) mass is 260 g/mol. The molecule has 0 radical (unpaired) electrons. The Morgan fingerprint density at radius 2 is 1.95 bits per heavy atom. The van der Waals surface area contributed by atoms with Gasteiger partial charge >= 0.3 is 0 Å². The first-order chi connectivity index (χ1) is 9.18. The van der Waals surface area contributed by atoms with Gasteiger partial charge in [-0.2, -0.15) is 0 Å². The summed E-state index contributed by atoms with van der Waals surface area (Å²) in [5, 5.41) is 3.65. The molecule has 0 spiro atoms. The Morgan fingerprint density at radius 1 is 1.26 bits per heavy atom. The van der Waals surface area contributed by atoms with E-state index in [1.54, 1.807) is 0 Å². The number of nitrogens with zero attached hydrogens (tertiary/aromatic N) is 1. The van der Waals surface area contributed by atoms with Crippen molar-refractivity contribution >= 4 is 0 Å². The fourth-order valence-electron chi connectivity index (χ4n) is 3.17. The number of hydrogen-bond donors (Lipinski definition) is 1. The minimum Gasteiger partial charge on any atom is -0.309 e. The highest BCUT2D eigenvalue weighted by Crippen LogP contribution is 2.22. The predicted octanol–water partition coefficient (Wildman–Crippen LogP) is 3.52. The summed E-state index contributed by atoms with van der Waals surface area (Å²) in [6.45, 7) is 6.68. The Morgan fingerprint density at radius 3 is 2.63 bits per heavy atom. The molecule has 1 aliphatic rings. The van der Waals surface area contributed by atoms with Crippen molar-refractivity contribution in [2.45, 2.75) is 51.6 Å². The first-order valence-corrected chi connectivity index (χ1v) is 7.67. The fraction of sp³-hybridized carbons (Fsp3) is 0.647. The van der Waals surface area contributed by atoms with Crippen molar-refractivity contribution in [3.63, 3.8) is 0 Å². The summed E-state index contributed by atoms with van der Waals surface area (Å²) in [6, 6.07) is 9.94. The highest BCUT2D eigenvalue weighted by atomic mass is 15.1. The van der Waals surface area contributed by atoms with Crippen molar-refractivity contribution < 1.29 is 0 Å². The largest absolute Gasteiger partial charge is 0.309 e. The van der Waals surface area contributed by atoms with Crippen molar-refractivity contribution in [3.8, 4) is 0 Å². The van der Waals surface area contributed by atoms with E-state index in [9.17, 15) is 0 Å². The molecule has 1 fully saturated rings. The van der Waals surface area contributed by atoms with Crippen LogP contribution in [-0.2, 0) is 0 Å². The van der Waals surface area contributed by atoms with Crippen molar-refractivity contribution in [3.05, 3.63) is 35.4 Å². The molecule has 106 valence electrons. The van der Waals surface area contributed by atoms with E-state index in [1.165, 1.54) is 36.8 Å². The van der Waals surface area contributed by atoms with Crippen LogP contribution in [0.2, 0.25) is 0 Å². The first kappa shape index (κ1) is 14.5. The van der Waals surface area contributed by atoms with Gasteiger partial charge in [-0.1, -0.05) is 37.1 Å².